The zero-order valence-electron chi connectivity index (χ0n) is 12.7. The van der Waals surface area contributed by atoms with Crippen molar-refractivity contribution in [2.24, 2.45) is 0 Å². The van der Waals surface area contributed by atoms with Crippen LogP contribution in [0.5, 0.6) is 0 Å². The number of hydrogen-bond acceptors (Lipinski definition) is 6. The second-order valence-electron chi connectivity index (χ2n) is 6.44. The standard InChI is InChI=1S/C14H24O6/c1-11(2)13(15-7-5-8-16-13)20-12(3,4)14(19-11)17-9-6-10-18-14/h5-10H2,1-4H3. The number of ether oxygens (including phenoxy) is 6. The Bertz CT molecular complexity index is 330. The maximum absolute atomic E-state index is 6.19. The van der Waals surface area contributed by atoms with Crippen LogP contribution in [-0.4, -0.2) is 49.6 Å². The van der Waals surface area contributed by atoms with Crippen molar-refractivity contribution in [3.05, 3.63) is 0 Å². The predicted molar refractivity (Wildman–Crippen MR) is 68.8 cm³/mol. The van der Waals surface area contributed by atoms with Crippen molar-refractivity contribution in [1.82, 2.24) is 0 Å². The zero-order valence-corrected chi connectivity index (χ0v) is 12.7. The van der Waals surface area contributed by atoms with Crippen molar-refractivity contribution in [3.8, 4) is 0 Å². The molecule has 6 nitrogen and oxygen atoms in total. The molecule has 3 aliphatic rings. The molecule has 0 aromatic rings. The van der Waals surface area contributed by atoms with Crippen LogP contribution >= 0.6 is 0 Å². The Balaban J connectivity index is 1.93. The van der Waals surface area contributed by atoms with Gasteiger partial charge in [-0.15, -0.1) is 0 Å². The van der Waals surface area contributed by atoms with Crippen molar-refractivity contribution < 1.29 is 28.4 Å². The van der Waals surface area contributed by atoms with Crippen molar-refractivity contribution in [2.45, 2.75) is 63.7 Å². The molecular weight excluding hydrogens is 264 g/mol. The van der Waals surface area contributed by atoms with E-state index < -0.39 is 23.1 Å². The van der Waals surface area contributed by atoms with E-state index >= 15 is 0 Å². The molecule has 0 saturated carbocycles. The molecule has 0 amide bonds. The molecule has 0 N–H and O–H groups in total. The summed E-state index contributed by atoms with van der Waals surface area (Å²) < 4.78 is 35.6. The highest BCUT2D eigenvalue weighted by molar-refractivity contribution is 4.98. The molecule has 3 saturated heterocycles. The lowest BCUT2D eigenvalue weighted by Gasteiger charge is -2.60. The van der Waals surface area contributed by atoms with E-state index in [2.05, 4.69) is 0 Å². The van der Waals surface area contributed by atoms with Crippen LogP contribution in [0, 0.1) is 0 Å². The quantitative estimate of drug-likeness (QED) is 0.677. The van der Waals surface area contributed by atoms with E-state index in [1.165, 1.54) is 0 Å². The van der Waals surface area contributed by atoms with Crippen LogP contribution in [0.15, 0.2) is 0 Å². The van der Waals surface area contributed by atoms with Crippen molar-refractivity contribution in [1.29, 1.82) is 0 Å². The summed E-state index contributed by atoms with van der Waals surface area (Å²) in [6.07, 6.45) is 1.69. The molecule has 0 aromatic heterocycles. The molecule has 0 radical (unpaired) electrons. The summed E-state index contributed by atoms with van der Waals surface area (Å²) in [4.78, 5) is 0. The van der Waals surface area contributed by atoms with Crippen LogP contribution in [0.3, 0.4) is 0 Å². The molecule has 0 aliphatic carbocycles. The molecule has 2 spiro atoms. The molecule has 0 unspecified atom stereocenters. The Morgan fingerprint density at radius 1 is 0.550 bits per heavy atom. The summed E-state index contributed by atoms with van der Waals surface area (Å²) in [6.45, 7) is 9.81. The fourth-order valence-corrected chi connectivity index (χ4v) is 2.88. The van der Waals surface area contributed by atoms with E-state index in [9.17, 15) is 0 Å². The average Bonchev–Trinajstić information content (AvgIpc) is 2.38. The van der Waals surface area contributed by atoms with Gasteiger partial charge in [-0.3, -0.25) is 0 Å². The van der Waals surface area contributed by atoms with E-state index in [1.807, 2.05) is 27.7 Å². The minimum Gasteiger partial charge on any atom is -0.325 e. The third-order valence-corrected chi connectivity index (χ3v) is 4.00. The van der Waals surface area contributed by atoms with Gasteiger partial charge < -0.3 is 28.4 Å². The molecule has 0 aromatic carbocycles. The zero-order chi connectivity index (χ0) is 14.5. The lowest BCUT2D eigenvalue weighted by Crippen LogP contribution is -2.76. The van der Waals surface area contributed by atoms with Crippen LogP contribution in [0.4, 0.5) is 0 Å². The monoisotopic (exact) mass is 288 g/mol. The van der Waals surface area contributed by atoms with Gasteiger partial charge in [-0.2, -0.15) is 0 Å². The van der Waals surface area contributed by atoms with E-state index in [-0.39, 0.29) is 0 Å². The van der Waals surface area contributed by atoms with Crippen LogP contribution in [-0.2, 0) is 28.4 Å². The summed E-state index contributed by atoms with van der Waals surface area (Å²) in [6, 6.07) is 0. The highest BCUT2D eigenvalue weighted by atomic mass is 17.0. The highest BCUT2D eigenvalue weighted by Crippen LogP contribution is 2.51. The van der Waals surface area contributed by atoms with Crippen LogP contribution < -0.4 is 0 Å². The summed E-state index contributed by atoms with van der Waals surface area (Å²) in [5.74, 6) is -2.44. The topological polar surface area (TPSA) is 55.4 Å². The summed E-state index contributed by atoms with van der Waals surface area (Å²) in [7, 11) is 0. The lowest BCUT2D eigenvalue weighted by molar-refractivity contribution is -0.598. The second-order valence-corrected chi connectivity index (χ2v) is 6.44. The first-order valence-electron chi connectivity index (χ1n) is 7.29. The SMILES string of the molecule is CC1(C)OC2(OCCCO2)C(C)(C)OC12OCCCO2. The van der Waals surface area contributed by atoms with Gasteiger partial charge in [0, 0.05) is 0 Å². The van der Waals surface area contributed by atoms with Gasteiger partial charge in [0.2, 0.25) is 0 Å². The van der Waals surface area contributed by atoms with Gasteiger partial charge in [0.1, 0.15) is 11.2 Å². The van der Waals surface area contributed by atoms with Crippen LogP contribution in [0.2, 0.25) is 0 Å². The molecule has 6 heteroatoms. The third kappa shape index (κ3) is 2.01. The molecule has 3 rings (SSSR count). The second kappa shape index (κ2) is 4.63. The summed E-state index contributed by atoms with van der Waals surface area (Å²) >= 11 is 0. The Morgan fingerprint density at radius 3 is 1.15 bits per heavy atom. The third-order valence-electron chi connectivity index (χ3n) is 4.00. The minimum absolute atomic E-state index is 0.581. The molecule has 0 atom stereocenters. The van der Waals surface area contributed by atoms with Gasteiger partial charge in [-0.05, 0) is 40.5 Å². The fraction of sp³-hybridized carbons (Fsp3) is 1.00. The van der Waals surface area contributed by atoms with Crippen molar-refractivity contribution in [3.63, 3.8) is 0 Å². The summed E-state index contributed by atoms with van der Waals surface area (Å²) in [5, 5.41) is 0. The predicted octanol–water partition coefficient (Wildman–Crippen LogP) is 1.77. The first-order valence-corrected chi connectivity index (χ1v) is 7.29. The van der Waals surface area contributed by atoms with Gasteiger partial charge in [0.05, 0.1) is 26.4 Å². The maximum Gasteiger partial charge on any atom is 0.314 e. The van der Waals surface area contributed by atoms with E-state index in [0.29, 0.717) is 26.4 Å². The van der Waals surface area contributed by atoms with Crippen molar-refractivity contribution >= 4 is 0 Å². The normalized spacial score (nSPS) is 34.2. The Hall–Kier alpha value is -0.240. The smallest absolute Gasteiger partial charge is 0.314 e. The number of rotatable bonds is 0. The fourth-order valence-electron chi connectivity index (χ4n) is 2.88. The Kier molecular flexibility index (Phi) is 3.40. The van der Waals surface area contributed by atoms with Crippen LogP contribution in [0.25, 0.3) is 0 Å². The molecule has 3 fully saturated rings. The van der Waals surface area contributed by atoms with Gasteiger partial charge in [0.25, 0.3) is 0 Å². The van der Waals surface area contributed by atoms with E-state index in [0.717, 1.165) is 12.8 Å². The minimum atomic E-state index is -1.22. The first kappa shape index (κ1) is 14.7. The number of hydrogen-bond donors (Lipinski definition) is 0. The van der Waals surface area contributed by atoms with Gasteiger partial charge in [-0.1, -0.05) is 0 Å². The Morgan fingerprint density at radius 2 is 0.850 bits per heavy atom. The van der Waals surface area contributed by atoms with E-state index in [1.54, 1.807) is 0 Å². The average molecular weight is 288 g/mol. The molecular formula is C14H24O6. The molecule has 3 heterocycles. The summed E-state index contributed by atoms with van der Waals surface area (Å²) in [5.41, 5.74) is -1.69. The lowest BCUT2D eigenvalue weighted by atomic mass is 9.96. The van der Waals surface area contributed by atoms with Crippen molar-refractivity contribution in [2.75, 3.05) is 26.4 Å². The highest BCUT2D eigenvalue weighted by Gasteiger charge is 2.69. The molecule has 116 valence electrons. The Labute approximate surface area is 119 Å². The van der Waals surface area contributed by atoms with E-state index in [4.69, 9.17) is 28.4 Å². The molecule has 3 aliphatic heterocycles. The molecule has 0 bridgehead atoms. The first-order chi connectivity index (χ1) is 9.33. The molecule has 20 heavy (non-hydrogen) atoms. The largest absolute Gasteiger partial charge is 0.325 e. The van der Waals surface area contributed by atoms with Gasteiger partial charge in [0.15, 0.2) is 0 Å². The van der Waals surface area contributed by atoms with Crippen LogP contribution in [0.1, 0.15) is 40.5 Å². The maximum atomic E-state index is 6.19. The van der Waals surface area contributed by atoms with Gasteiger partial charge in [-0.25, -0.2) is 0 Å². The van der Waals surface area contributed by atoms with Gasteiger partial charge >= 0.3 is 11.9 Å².